The molecule has 5 rings (SSSR count). The highest BCUT2D eigenvalue weighted by Gasteiger charge is 2.57. The normalized spacial score (nSPS) is 27.2. The van der Waals surface area contributed by atoms with Crippen LogP contribution in [-0.2, 0) is 20.8 Å². The van der Waals surface area contributed by atoms with E-state index < -0.39 is 0 Å². The summed E-state index contributed by atoms with van der Waals surface area (Å²) in [5.74, 6) is 0.551. The van der Waals surface area contributed by atoms with Gasteiger partial charge in [0.25, 0.3) is 5.91 Å². The first-order valence-electron chi connectivity index (χ1n) is 11.4. The second-order valence-electron chi connectivity index (χ2n) is 9.31. The zero-order valence-corrected chi connectivity index (χ0v) is 17.4. The Morgan fingerprint density at radius 2 is 1.90 bits per heavy atom. The number of fused-ring (bicyclic) bond motifs is 2. The zero-order chi connectivity index (χ0) is 20.6. The fourth-order valence-electron chi connectivity index (χ4n) is 5.70. The predicted octanol–water partition coefficient (Wildman–Crippen LogP) is 2.31. The van der Waals surface area contributed by atoms with Crippen LogP contribution in [0.25, 0.3) is 0 Å². The standard InChI is InChI=1S/C23H30N4O3/c28-21(25-13-7-16-5-11-24-12-6-16)20-19-18(30-26-20)4-8-23(19)9-14-27(15-10-23)22(29)17-2-1-3-17/h5-6,11-12,17-19H,1-4,7-10,13-15H2,(H,25,28)/t18-,19+/m0/s1. The summed E-state index contributed by atoms with van der Waals surface area (Å²) in [7, 11) is 0. The van der Waals surface area contributed by atoms with Gasteiger partial charge in [0.1, 0.15) is 6.10 Å². The molecule has 0 bridgehead atoms. The lowest BCUT2D eigenvalue weighted by Crippen LogP contribution is -2.50. The third-order valence-corrected chi connectivity index (χ3v) is 7.75. The van der Waals surface area contributed by atoms with Gasteiger partial charge in [0, 0.05) is 37.9 Å². The van der Waals surface area contributed by atoms with Gasteiger partial charge in [0.15, 0.2) is 5.71 Å². The Bertz CT molecular complexity index is 828. The second-order valence-corrected chi connectivity index (χ2v) is 9.31. The molecule has 0 radical (unpaired) electrons. The lowest BCUT2D eigenvalue weighted by molar-refractivity contribution is -0.140. The highest BCUT2D eigenvalue weighted by Crippen LogP contribution is 2.54. The van der Waals surface area contributed by atoms with Gasteiger partial charge in [-0.1, -0.05) is 11.6 Å². The van der Waals surface area contributed by atoms with Crippen LogP contribution < -0.4 is 5.32 Å². The molecule has 1 spiro atoms. The summed E-state index contributed by atoms with van der Waals surface area (Å²) in [5, 5.41) is 7.24. The van der Waals surface area contributed by atoms with Gasteiger partial charge in [-0.15, -0.1) is 0 Å². The Morgan fingerprint density at radius 3 is 2.60 bits per heavy atom. The van der Waals surface area contributed by atoms with E-state index in [1.54, 1.807) is 12.4 Å². The minimum Gasteiger partial charge on any atom is -0.391 e. The first kappa shape index (κ1) is 19.5. The third kappa shape index (κ3) is 3.48. The maximum absolute atomic E-state index is 12.9. The highest BCUT2D eigenvalue weighted by molar-refractivity contribution is 6.40. The lowest BCUT2D eigenvalue weighted by Gasteiger charge is -2.44. The summed E-state index contributed by atoms with van der Waals surface area (Å²) >= 11 is 0. The molecule has 3 fully saturated rings. The Hall–Kier alpha value is -2.44. The molecule has 1 aromatic rings. The average molecular weight is 411 g/mol. The molecule has 7 nitrogen and oxygen atoms in total. The largest absolute Gasteiger partial charge is 0.391 e. The van der Waals surface area contributed by atoms with E-state index >= 15 is 0 Å². The van der Waals surface area contributed by atoms with Crippen LogP contribution in [0.2, 0.25) is 0 Å². The van der Waals surface area contributed by atoms with E-state index in [9.17, 15) is 9.59 Å². The van der Waals surface area contributed by atoms with Crippen molar-refractivity contribution in [2.24, 2.45) is 22.4 Å². The van der Waals surface area contributed by atoms with Crippen molar-refractivity contribution in [3.8, 4) is 0 Å². The number of rotatable bonds is 5. The molecule has 2 saturated carbocycles. The van der Waals surface area contributed by atoms with Crippen molar-refractivity contribution in [2.75, 3.05) is 19.6 Å². The third-order valence-electron chi connectivity index (χ3n) is 7.75. The Balaban J connectivity index is 1.19. The summed E-state index contributed by atoms with van der Waals surface area (Å²) in [4.78, 5) is 37.3. The van der Waals surface area contributed by atoms with E-state index in [1.165, 1.54) is 6.42 Å². The quantitative estimate of drug-likeness (QED) is 0.807. The first-order valence-corrected chi connectivity index (χ1v) is 11.4. The zero-order valence-electron chi connectivity index (χ0n) is 17.4. The van der Waals surface area contributed by atoms with Gasteiger partial charge in [-0.2, -0.15) is 0 Å². The highest BCUT2D eigenvalue weighted by atomic mass is 16.6. The van der Waals surface area contributed by atoms with Crippen molar-refractivity contribution in [3.05, 3.63) is 30.1 Å². The lowest BCUT2D eigenvalue weighted by atomic mass is 9.68. The van der Waals surface area contributed by atoms with E-state index in [-0.39, 0.29) is 29.3 Å². The van der Waals surface area contributed by atoms with Crippen molar-refractivity contribution in [2.45, 2.75) is 57.5 Å². The molecule has 2 aliphatic heterocycles. The summed E-state index contributed by atoms with van der Waals surface area (Å²) in [6.07, 6.45) is 11.5. The molecule has 2 aliphatic carbocycles. The number of likely N-dealkylation sites (tertiary alicyclic amines) is 1. The molecule has 1 aromatic heterocycles. The summed E-state index contributed by atoms with van der Waals surface area (Å²) < 4.78 is 0. The summed E-state index contributed by atoms with van der Waals surface area (Å²) in [6.45, 7) is 2.17. The number of carbonyl (C=O) groups excluding carboxylic acids is 2. The van der Waals surface area contributed by atoms with E-state index in [4.69, 9.17) is 4.84 Å². The molecule has 30 heavy (non-hydrogen) atoms. The number of hydrogen-bond acceptors (Lipinski definition) is 5. The van der Waals surface area contributed by atoms with Gasteiger partial charge in [-0.05, 0) is 68.1 Å². The van der Waals surface area contributed by atoms with E-state index in [0.717, 1.165) is 63.6 Å². The number of nitrogens with zero attached hydrogens (tertiary/aromatic N) is 3. The van der Waals surface area contributed by atoms with Gasteiger partial charge < -0.3 is 15.1 Å². The van der Waals surface area contributed by atoms with Gasteiger partial charge >= 0.3 is 0 Å². The number of carbonyl (C=O) groups is 2. The van der Waals surface area contributed by atoms with Gasteiger partial charge in [0.05, 0.1) is 5.92 Å². The molecule has 1 saturated heterocycles. The number of piperidine rings is 1. The van der Waals surface area contributed by atoms with Crippen LogP contribution in [0.5, 0.6) is 0 Å². The minimum atomic E-state index is -0.106. The van der Waals surface area contributed by atoms with Gasteiger partial charge in [-0.3, -0.25) is 14.6 Å². The van der Waals surface area contributed by atoms with Crippen LogP contribution in [0.15, 0.2) is 29.7 Å². The van der Waals surface area contributed by atoms with E-state index in [1.807, 2.05) is 12.1 Å². The molecule has 3 heterocycles. The number of pyridine rings is 1. The molecular formula is C23H30N4O3. The van der Waals surface area contributed by atoms with Crippen molar-refractivity contribution in [1.82, 2.24) is 15.2 Å². The Kier molecular flexibility index (Phi) is 5.21. The Labute approximate surface area is 177 Å². The van der Waals surface area contributed by atoms with Crippen LogP contribution in [0.3, 0.4) is 0 Å². The van der Waals surface area contributed by atoms with E-state index in [0.29, 0.717) is 18.2 Å². The van der Waals surface area contributed by atoms with Crippen molar-refractivity contribution < 1.29 is 14.4 Å². The van der Waals surface area contributed by atoms with Crippen LogP contribution in [0.4, 0.5) is 0 Å². The number of hydrogen-bond donors (Lipinski definition) is 1. The topological polar surface area (TPSA) is 83.9 Å². The fourth-order valence-corrected chi connectivity index (χ4v) is 5.70. The minimum absolute atomic E-state index is 0.0137. The van der Waals surface area contributed by atoms with Crippen LogP contribution in [0.1, 0.15) is 50.5 Å². The smallest absolute Gasteiger partial charge is 0.269 e. The molecule has 4 aliphatic rings. The first-order chi connectivity index (χ1) is 14.7. The Morgan fingerprint density at radius 1 is 1.13 bits per heavy atom. The van der Waals surface area contributed by atoms with Crippen LogP contribution in [-0.4, -0.2) is 53.1 Å². The number of oxime groups is 1. The molecule has 0 aromatic carbocycles. The van der Waals surface area contributed by atoms with Gasteiger partial charge in [-0.25, -0.2) is 0 Å². The maximum Gasteiger partial charge on any atom is 0.269 e. The number of amides is 2. The molecular weight excluding hydrogens is 380 g/mol. The summed E-state index contributed by atoms with van der Waals surface area (Å²) in [6, 6.07) is 3.92. The molecule has 7 heteroatoms. The molecule has 0 unspecified atom stereocenters. The van der Waals surface area contributed by atoms with Crippen molar-refractivity contribution >= 4 is 17.5 Å². The van der Waals surface area contributed by atoms with E-state index in [2.05, 4.69) is 20.4 Å². The maximum atomic E-state index is 12.9. The second kappa shape index (κ2) is 8.00. The van der Waals surface area contributed by atoms with Crippen molar-refractivity contribution in [1.29, 1.82) is 0 Å². The average Bonchev–Trinajstić information content (AvgIpc) is 3.30. The molecule has 2 atom stereocenters. The monoisotopic (exact) mass is 410 g/mol. The SMILES string of the molecule is O=C(NCCc1ccncc1)C1=NO[C@H]2CCC3(CCN(C(=O)C4CCC4)CC3)[C@@H]12. The molecule has 160 valence electrons. The molecule has 2 amide bonds. The molecule has 1 N–H and O–H groups in total. The number of nitrogens with one attached hydrogen (secondary N) is 1. The predicted molar refractivity (Wildman–Crippen MR) is 112 cm³/mol. The number of aromatic nitrogens is 1. The summed E-state index contributed by atoms with van der Waals surface area (Å²) in [5.41, 5.74) is 1.75. The fraction of sp³-hybridized carbons (Fsp3) is 0.652. The van der Waals surface area contributed by atoms with Crippen LogP contribution >= 0.6 is 0 Å². The van der Waals surface area contributed by atoms with Crippen molar-refractivity contribution in [3.63, 3.8) is 0 Å². The van der Waals surface area contributed by atoms with Gasteiger partial charge in [0.2, 0.25) is 5.91 Å². The van der Waals surface area contributed by atoms with Crippen LogP contribution in [0, 0.1) is 17.3 Å².